The molecule has 0 radical (unpaired) electrons. The zero-order chi connectivity index (χ0) is 17.5. The minimum absolute atomic E-state index is 0.270. The zero-order valence-electron chi connectivity index (χ0n) is 14.2. The van der Waals surface area contributed by atoms with Crippen molar-refractivity contribution in [3.63, 3.8) is 0 Å². The van der Waals surface area contributed by atoms with Crippen molar-refractivity contribution in [3.8, 4) is 0 Å². The molecule has 6 nitrogen and oxygen atoms in total. The van der Waals surface area contributed by atoms with E-state index in [-0.39, 0.29) is 12.2 Å². The number of hydrogen-bond donors (Lipinski definition) is 3. The maximum Gasteiger partial charge on any atom is 0.214 e. The summed E-state index contributed by atoms with van der Waals surface area (Å²) in [5, 5.41) is 15.4. The van der Waals surface area contributed by atoms with Crippen molar-refractivity contribution in [2.75, 3.05) is 6.54 Å². The zero-order valence-corrected chi connectivity index (χ0v) is 14.2. The fourth-order valence-corrected chi connectivity index (χ4v) is 2.13. The van der Waals surface area contributed by atoms with Crippen molar-refractivity contribution < 1.29 is 13.9 Å². The predicted molar refractivity (Wildman–Crippen MR) is 90.0 cm³/mol. The normalized spacial score (nSPS) is 11.6. The van der Waals surface area contributed by atoms with Crippen molar-refractivity contribution in [1.29, 1.82) is 0 Å². The first-order valence-electron chi connectivity index (χ1n) is 7.86. The number of benzene rings is 1. The number of guanidine groups is 1. The first kappa shape index (κ1) is 17.9. The second-order valence-electron chi connectivity index (χ2n) is 5.38. The highest BCUT2D eigenvalue weighted by molar-refractivity contribution is 5.79. The maximum absolute atomic E-state index is 13.4. The third-order valence-electron chi connectivity index (χ3n) is 3.52. The van der Waals surface area contributed by atoms with Gasteiger partial charge in [0.1, 0.15) is 11.6 Å². The molecule has 24 heavy (non-hydrogen) atoms. The van der Waals surface area contributed by atoms with Crippen LogP contribution in [0.1, 0.15) is 35.4 Å². The van der Waals surface area contributed by atoms with Crippen LogP contribution in [0, 0.1) is 19.7 Å². The molecule has 1 aromatic carbocycles. The van der Waals surface area contributed by atoms with Crippen LogP contribution in [0.25, 0.3) is 0 Å². The highest BCUT2D eigenvalue weighted by Gasteiger charge is 2.07. The van der Waals surface area contributed by atoms with Crippen LogP contribution in [0.2, 0.25) is 0 Å². The first-order chi connectivity index (χ1) is 11.5. The number of hydrogen-bond acceptors (Lipinski definition) is 4. The molecule has 1 aromatic heterocycles. The molecule has 0 aliphatic carbocycles. The quantitative estimate of drug-likeness (QED) is 0.557. The standard InChI is InChI=1S/C17H23FN4O2/c1-4-19-17(21-9-16-22-11(2)12(3)24-16)20-8-13-5-6-15(18)14(7-13)10-23/h5-7,23H,4,8-10H2,1-3H3,(H2,19,20,21). The SMILES string of the molecule is CCNC(=NCc1ccc(F)c(CO)c1)NCc1nc(C)c(C)o1. The topological polar surface area (TPSA) is 82.7 Å². The predicted octanol–water partition coefficient (Wildman–Crippen LogP) is 2.18. The molecule has 2 aromatic rings. The number of rotatable bonds is 6. The van der Waals surface area contributed by atoms with E-state index in [2.05, 4.69) is 20.6 Å². The molecule has 0 bridgehead atoms. The lowest BCUT2D eigenvalue weighted by molar-refractivity contribution is 0.275. The van der Waals surface area contributed by atoms with E-state index in [4.69, 9.17) is 9.52 Å². The molecule has 0 fully saturated rings. The summed E-state index contributed by atoms with van der Waals surface area (Å²) in [6.45, 7) is 6.91. The van der Waals surface area contributed by atoms with Crippen LogP contribution in [0.5, 0.6) is 0 Å². The van der Waals surface area contributed by atoms with Crippen LogP contribution in [0.15, 0.2) is 27.6 Å². The summed E-state index contributed by atoms with van der Waals surface area (Å²) < 4.78 is 18.9. The Labute approximate surface area is 140 Å². The number of nitrogens with zero attached hydrogens (tertiary/aromatic N) is 2. The van der Waals surface area contributed by atoms with Gasteiger partial charge in [-0.2, -0.15) is 0 Å². The molecule has 0 aliphatic rings. The number of nitrogens with one attached hydrogen (secondary N) is 2. The van der Waals surface area contributed by atoms with Crippen LogP contribution in [-0.2, 0) is 19.7 Å². The molecule has 130 valence electrons. The monoisotopic (exact) mass is 334 g/mol. The fraction of sp³-hybridized carbons (Fsp3) is 0.412. The molecule has 0 amide bonds. The Balaban J connectivity index is 2.02. The third kappa shape index (κ3) is 4.79. The van der Waals surface area contributed by atoms with Crippen molar-refractivity contribution in [2.45, 2.75) is 40.5 Å². The number of aryl methyl sites for hydroxylation is 2. The Bertz CT molecular complexity index is 693. The van der Waals surface area contributed by atoms with E-state index in [1.807, 2.05) is 20.8 Å². The van der Waals surface area contributed by atoms with Crippen LogP contribution < -0.4 is 10.6 Å². The molecule has 0 saturated carbocycles. The first-order valence-corrected chi connectivity index (χ1v) is 7.86. The Hall–Kier alpha value is -2.41. The van der Waals surface area contributed by atoms with Gasteiger partial charge in [-0.3, -0.25) is 0 Å². The van der Waals surface area contributed by atoms with Gasteiger partial charge in [-0.1, -0.05) is 6.07 Å². The van der Waals surface area contributed by atoms with Gasteiger partial charge in [0.05, 0.1) is 25.4 Å². The van der Waals surface area contributed by atoms with E-state index < -0.39 is 5.82 Å². The Morgan fingerprint density at radius 2 is 2.12 bits per heavy atom. The van der Waals surface area contributed by atoms with Gasteiger partial charge in [0.25, 0.3) is 0 Å². The van der Waals surface area contributed by atoms with Crippen molar-refractivity contribution in [3.05, 3.63) is 52.5 Å². The van der Waals surface area contributed by atoms with Gasteiger partial charge in [0, 0.05) is 12.1 Å². The molecular formula is C17H23FN4O2. The molecule has 7 heteroatoms. The average Bonchev–Trinajstić information content (AvgIpc) is 2.89. The van der Waals surface area contributed by atoms with E-state index in [0.717, 1.165) is 17.0 Å². The van der Waals surface area contributed by atoms with Crippen molar-refractivity contribution in [2.24, 2.45) is 4.99 Å². The molecular weight excluding hydrogens is 311 g/mol. The lowest BCUT2D eigenvalue weighted by Crippen LogP contribution is -2.36. The summed E-state index contributed by atoms with van der Waals surface area (Å²) in [4.78, 5) is 8.77. The van der Waals surface area contributed by atoms with Crippen molar-refractivity contribution >= 4 is 5.96 Å². The minimum atomic E-state index is -0.412. The summed E-state index contributed by atoms with van der Waals surface area (Å²) in [5.41, 5.74) is 1.96. The van der Waals surface area contributed by atoms with Crippen LogP contribution >= 0.6 is 0 Å². The molecule has 0 spiro atoms. The number of aliphatic imine (C=N–C) groups is 1. The largest absolute Gasteiger partial charge is 0.444 e. The minimum Gasteiger partial charge on any atom is -0.444 e. The highest BCUT2D eigenvalue weighted by atomic mass is 19.1. The van der Waals surface area contributed by atoms with E-state index in [9.17, 15) is 4.39 Å². The Morgan fingerprint density at radius 3 is 2.75 bits per heavy atom. The number of aliphatic hydroxyl groups is 1. The summed E-state index contributed by atoms with van der Waals surface area (Å²) in [7, 11) is 0. The smallest absolute Gasteiger partial charge is 0.214 e. The van der Waals surface area contributed by atoms with Gasteiger partial charge in [-0.15, -0.1) is 0 Å². The number of oxazole rings is 1. The molecule has 3 N–H and O–H groups in total. The lowest BCUT2D eigenvalue weighted by atomic mass is 10.1. The van der Waals surface area contributed by atoms with Gasteiger partial charge < -0.3 is 20.2 Å². The number of aromatic nitrogens is 1. The molecule has 0 atom stereocenters. The Kier molecular flexibility index (Phi) is 6.31. The summed E-state index contributed by atoms with van der Waals surface area (Å²) >= 11 is 0. The maximum atomic E-state index is 13.4. The van der Waals surface area contributed by atoms with E-state index in [0.29, 0.717) is 31.5 Å². The van der Waals surface area contributed by atoms with Crippen molar-refractivity contribution in [1.82, 2.24) is 15.6 Å². The third-order valence-corrected chi connectivity index (χ3v) is 3.52. The molecule has 2 rings (SSSR count). The number of halogens is 1. The second-order valence-corrected chi connectivity index (χ2v) is 5.38. The highest BCUT2D eigenvalue weighted by Crippen LogP contribution is 2.11. The van der Waals surface area contributed by atoms with Gasteiger partial charge >= 0.3 is 0 Å². The van der Waals surface area contributed by atoms with Crippen LogP contribution in [0.3, 0.4) is 0 Å². The molecule has 1 heterocycles. The summed E-state index contributed by atoms with van der Waals surface area (Å²) in [6.07, 6.45) is 0. The molecule has 0 aliphatic heterocycles. The van der Waals surface area contributed by atoms with Gasteiger partial charge in [0.15, 0.2) is 5.96 Å². The van der Waals surface area contributed by atoms with Crippen LogP contribution in [0.4, 0.5) is 4.39 Å². The second kappa shape index (κ2) is 8.44. The van der Waals surface area contributed by atoms with E-state index in [1.54, 1.807) is 12.1 Å². The number of aliphatic hydroxyl groups excluding tert-OH is 1. The van der Waals surface area contributed by atoms with Gasteiger partial charge in [0.2, 0.25) is 5.89 Å². The lowest BCUT2D eigenvalue weighted by Gasteiger charge is -2.10. The fourth-order valence-electron chi connectivity index (χ4n) is 2.13. The Morgan fingerprint density at radius 1 is 1.33 bits per heavy atom. The van der Waals surface area contributed by atoms with E-state index >= 15 is 0 Å². The molecule has 0 unspecified atom stereocenters. The summed E-state index contributed by atoms with van der Waals surface area (Å²) in [5.74, 6) is 1.60. The molecule has 0 saturated heterocycles. The average molecular weight is 334 g/mol. The van der Waals surface area contributed by atoms with E-state index in [1.165, 1.54) is 6.07 Å². The van der Waals surface area contributed by atoms with Crippen LogP contribution in [-0.4, -0.2) is 22.6 Å². The summed E-state index contributed by atoms with van der Waals surface area (Å²) in [6, 6.07) is 4.61. The van der Waals surface area contributed by atoms with Gasteiger partial charge in [-0.25, -0.2) is 14.4 Å². The van der Waals surface area contributed by atoms with Gasteiger partial charge in [-0.05, 0) is 38.5 Å².